The molecule has 0 radical (unpaired) electrons. The first-order chi connectivity index (χ1) is 26.3. The number of carboxylic acids is 2. The lowest BCUT2D eigenvalue weighted by Gasteiger charge is -2.44. The second kappa shape index (κ2) is 13.2. The number of anilines is 2. The van der Waals surface area contributed by atoms with Gasteiger partial charge in [-0.15, -0.1) is 0 Å². The molecule has 4 aromatic rings. The Morgan fingerprint density at radius 1 is 0.636 bits per heavy atom. The summed E-state index contributed by atoms with van der Waals surface area (Å²) in [5.41, 5.74) is 0.825. The van der Waals surface area contributed by atoms with E-state index in [1.807, 2.05) is 30.3 Å². The summed E-state index contributed by atoms with van der Waals surface area (Å²) >= 11 is 0. The van der Waals surface area contributed by atoms with E-state index in [0.717, 1.165) is 39.6 Å². The quantitative estimate of drug-likeness (QED) is 0.121. The van der Waals surface area contributed by atoms with E-state index in [-0.39, 0.29) is 42.1 Å². The molecule has 14 heteroatoms. The van der Waals surface area contributed by atoms with Crippen molar-refractivity contribution in [2.75, 3.05) is 9.80 Å². The van der Waals surface area contributed by atoms with Gasteiger partial charge in [0.1, 0.15) is 40.7 Å². The van der Waals surface area contributed by atoms with Crippen molar-refractivity contribution in [3.8, 4) is 23.0 Å². The number of carbonyl (C=O) groups excluding carboxylic acids is 4. The van der Waals surface area contributed by atoms with Gasteiger partial charge in [0.15, 0.2) is 0 Å². The number of allylic oxidation sites excluding steroid dienone is 2. The van der Waals surface area contributed by atoms with Gasteiger partial charge in [0.2, 0.25) is 23.6 Å². The number of benzene rings is 4. The molecular formula is C41H32N2O12. The molecule has 2 aliphatic heterocycles. The summed E-state index contributed by atoms with van der Waals surface area (Å²) in [5.74, 6) is -12.2. The van der Waals surface area contributed by atoms with Crippen molar-refractivity contribution in [2.24, 2.45) is 29.6 Å². The lowest BCUT2D eigenvalue weighted by Crippen LogP contribution is -2.43. The molecule has 278 valence electrons. The minimum Gasteiger partial charge on any atom is -0.508 e. The van der Waals surface area contributed by atoms with Crippen molar-refractivity contribution >= 4 is 46.9 Å². The summed E-state index contributed by atoms with van der Waals surface area (Å²) in [6.07, 6.45) is 1.84. The third kappa shape index (κ3) is 5.64. The molecule has 4 amide bonds. The van der Waals surface area contributed by atoms with Crippen LogP contribution in [0.1, 0.15) is 50.6 Å². The molecule has 2 saturated heterocycles. The zero-order valence-corrected chi connectivity index (χ0v) is 28.7. The van der Waals surface area contributed by atoms with Gasteiger partial charge < -0.3 is 30.3 Å². The Morgan fingerprint density at radius 2 is 1.22 bits per heavy atom. The maximum atomic E-state index is 14.4. The van der Waals surface area contributed by atoms with E-state index in [2.05, 4.69) is 0 Å². The Bertz CT molecular complexity index is 2370. The van der Waals surface area contributed by atoms with E-state index in [1.165, 1.54) is 18.2 Å². The average molecular weight is 745 g/mol. The molecule has 0 aromatic heterocycles. The van der Waals surface area contributed by atoms with Gasteiger partial charge in [0.05, 0.1) is 35.0 Å². The first-order valence-electron chi connectivity index (χ1n) is 17.4. The van der Waals surface area contributed by atoms with E-state index in [1.54, 1.807) is 18.2 Å². The van der Waals surface area contributed by atoms with Crippen LogP contribution in [0.25, 0.3) is 0 Å². The molecule has 14 nitrogen and oxygen atoms in total. The number of hydrogen-bond acceptors (Lipinski definition) is 10. The van der Waals surface area contributed by atoms with Crippen molar-refractivity contribution in [1.82, 2.24) is 0 Å². The third-order valence-electron chi connectivity index (χ3n) is 11.2. The number of nitrogens with zero attached hydrogens (tertiary/aromatic N) is 2. The number of fused-ring (bicyclic) bond motifs is 4. The number of rotatable bonds is 8. The van der Waals surface area contributed by atoms with Gasteiger partial charge in [-0.1, -0.05) is 48.0 Å². The number of carboxylic acid groups (broad SMARTS) is 2. The molecule has 0 bridgehead atoms. The van der Waals surface area contributed by atoms with Gasteiger partial charge in [-0.3, -0.25) is 19.2 Å². The molecule has 4 aliphatic rings. The maximum absolute atomic E-state index is 14.4. The Kier molecular flexibility index (Phi) is 8.40. The van der Waals surface area contributed by atoms with Crippen molar-refractivity contribution in [2.45, 2.75) is 25.4 Å². The number of ether oxygens (including phenoxy) is 1. The van der Waals surface area contributed by atoms with Gasteiger partial charge in [0.25, 0.3) is 0 Å². The first kappa shape index (κ1) is 35.1. The van der Waals surface area contributed by atoms with Crippen LogP contribution in [0, 0.1) is 29.6 Å². The standard InChI is InChI=1S/C41H32N2O12/c44-30-14-20(6-9-25(30)40(51)52)42-36(47)27-13-12-23-28(34(27)38(42)49)17-29-35(39(50)43(37(29)48)21-7-10-26(41(53)54)31(45)15-21)33(23)24-11-8-22(16-32(24)46)55-18-19-4-2-1-3-5-19/h1-12,14-16,27-29,33-35,44-46H,13,17-18H2,(H,51,52)(H,53,54). The molecular weight excluding hydrogens is 712 g/mol. The summed E-state index contributed by atoms with van der Waals surface area (Å²) in [4.78, 5) is 81.8. The smallest absolute Gasteiger partial charge is 0.339 e. The summed E-state index contributed by atoms with van der Waals surface area (Å²) in [6, 6.07) is 20.7. The average Bonchev–Trinajstić information content (AvgIpc) is 3.56. The number of phenolic OH excluding ortho intramolecular Hbond substituents is 1. The molecule has 6 atom stereocenters. The Labute approximate surface area is 312 Å². The van der Waals surface area contributed by atoms with Gasteiger partial charge >= 0.3 is 11.9 Å². The number of aromatic carboxylic acids is 2. The Balaban J connectivity index is 1.19. The van der Waals surface area contributed by atoms with Crippen LogP contribution in [0.4, 0.5) is 11.4 Å². The number of imide groups is 2. The van der Waals surface area contributed by atoms with Crippen LogP contribution in [0.15, 0.2) is 96.6 Å². The summed E-state index contributed by atoms with van der Waals surface area (Å²) in [7, 11) is 0. The normalized spacial score (nSPS) is 24.3. The minimum absolute atomic E-state index is 0.0228. The van der Waals surface area contributed by atoms with Crippen LogP contribution in [-0.2, 0) is 25.8 Å². The molecule has 3 fully saturated rings. The van der Waals surface area contributed by atoms with Crippen LogP contribution >= 0.6 is 0 Å². The molecule has 5 N–H and O–H groups in total. The van der Waals surface area contributed by atoms with E-state index < -0.39 is 93.7 Å². The van der Waals surface area contributed by atoms with Crippen LogP contribution in [-0.4, -0.2) is 61.1 Å². The minimum atomic E-state index is -1.41. The molecule has 8 rings (SSSR count). The van der Waals surface area contributed by atoms with Crippen LogP contribution in [0.2, 0.25) is 0 Å². The monoisotopic (exact) mass is 744 g/mol. The van der Waals surface area contributed by atoms with Crippen LogP contribution in [0.5, 0.6) is 23.0 Å². The number of amides is 4. The lowest BCUT2D eigenvalue weighted by atomic mass is 9.57. The third-order valence-corrected chi connectivity index (χ3v) is 11.2. The second-order valence-corrected chi connectivity index (χ2v) is 14.1. The number of hydrogen-bond donors (Lipinski definition) is 5. The van der Waals surface area contributed by atoms with E-state index in [0.29, 0.717) is 11.3 Å². The highest BCUT2D eigenvalue weighted by molar-refractivity contribution is 6.24. The molecule has 6 unspecified atom stereocenters. The Morgan fingerprint density at radius 3 is 1.78 bits per heavy atom. The van der Waals surface area contributed by atoms with Gasteiger partial charge in [-0.05, 0) is 54.7 Å². The molecule has 0 spiro atoms. The summed E-state index contributed by atoms with van der Waals surface area (Å²) in [5, 5.41) is 51.2. The summed E-state index contributed by atoms with van der Waals surface area (Å²) in [6.45, 7) is 0.211. The molecule has 4 aromatic carbocycles. The molecule has 2 heterocycles. The van der Waals surface area contributed by atoms with E-state index in [4.69, 9.17) is 4.74 Å². The fraction of sp³-hybridized carbons (Fsp3) is 0.220. The van der Waals surface area contributed by atoms with Crippen LogP contribution in [0.3, 0.4) is 0 Å². The van der Waals surface area contributed by atoms with Crippen molar-refractivity contribution in [3.63, 3.8) is 0 Å². The summed E-state index contributed by atoms with van der Waals surface area (Å²) < 4.78 is 5.92. The van der Waals surface area contributed by atoms with E-state index in [9.17, 15) is 54.3 Å². The van der Waals surface area contributed by atoms with Crippen molar-refractivity contribution < 1.29 is 59.0 Å². The van der Waals surface area contributed by atoms with Crippen molar-refractivity contribution in [3.05, 3.63) is 119 Å². The number of carbonyl (C=O) groups is 6. The second-order valence-electron chi connectivity index (χ2n) is 14.1. The highest BCUT2D eigenvalue weighted by atomic mass is 16.5. The largest absolute Gasteiger partial charge is 0.508 e. The fourth-order valence-corrected chi connectivity index (χ4v) is 8.74. The van der Waals surface area contributed by atoms with Gasteiger partial charge in [-0.25, -0.2) is 19.4 Å². The number of aromatic hydroxyl groups is 3. The highest BCUT2D eigenvalue weighted by Gasteiger charge is 2.62. The van der Waals surface area contributed by atoms with Crippen LogP contribution < -0.4 is 14.5 Å². The Hall–Kier alpha value is -6.96. The zero-order valence-electron chi connectivity index (χ0n) is 28.7. The SMILES string of the molecule is O=C(O)c1ccc(N2C(=O)C3CC=C4C(CC5C(=O)N(c6ccc(C(=O)O)c(O)c6)C(=O)C5C4c4ccc(OCc5ccccc5)cc4O)C3C2=O)cc1O. The number of phenols is 3. The lowest BCUT2D eigenvalue weighted by molar-refractivity contribution is -0.126. The molecule has 2 aliphatic carbocycles. The van der Waals surface area contributed by atoms with Crippen molar-refractivity contribution in [1.29, 1.82) is 0 Å². The van der Waals surface area contributed by atoms with Gasteiger partial charge in [0, 0.05) is 29.7 Å². The highest BCUT2D eigenvalue weighted by Crippen LogP contribution is 2.59. The topological polar surface area (TPSA) is 219 Å². The maximum Gasteiger partial charge on any atom is 0.339 e. The molecule has 1 saturated carbocycles. The first-order valence-corrected chi connectivity index (χ1v) is 17.4. The zero-order chi connectivity index (χ0) is 38.9. The predicted octanol–water partition coefficient (Wildman–Crippen LogP) is 4.82. The molecule has 55 heavy (non-hydrogen) atoms. The predicted molar refractivity (Wildman–Crippen MR) is 192 cm³/mol. The fourth-order valence-electron chi connectivity index (χ4n) is 8.74. The van der Waals surface area contributed by atoms with Gasteiger partial charge in [-0.2, -0.15) is 0 Å². The van der Waals surface area contributed by atoms with E-state index >= 15 is 0 Å².